The van der Waals surface area contributed by atoms with Crippen molar-refractivity contribution >= 4 is 10.9 Å². The lowest BCUT2D eigenvalue weighted by molar-refractivity contribution is 0.171. The number of H-pyrrole nitrogens is 1. The number of hydrogen-bond donors (Lipinski definition) is 4. The number of phenols is 1. The second-order valence-corrected chi connectivity index (χ2v) is 8.02. The topological polar surface area (TPSA) is 85.3 Å². The van der Waals surface area contributed by atoms with Gasteiger partial charge in [0.25, 0.3) is 0 Å². The van der Waals surface area contributed by atoms with Gasteiger partial charge in [0.15, 0.2) is 0 Å². The van der Waals surface area contributed by atoms with Crippen LogP contribution in [0.25, 0.3) is 10.9 Å². The van der Waals surface area contributed by atoms with E-state index in [2.05, 4.69) is 35.4 Å². The number of aromatic nitrogens is 1. The largest absolute Gasteiger partial charge is 0.506 e. The molecule has 5 heteroatoms. The standard InChI is InChI=1S/C24H28N2O3/c1-2-3-4-15-5-6-16-12-18(13-17(16)11-15)25-14-22(28)19-7-9-21(27)24-20(19)8-10-23(29)26-24/h5-11,18,22,25,27-28H,2-4,12-14H2,1H3,(H,26,29)/t18?,22-/m0/s1. The van der Waals surface area contributed by atoms with Crippen molar-refractivity contribution in [1.82, 2.24) is 10.3 Å². The van der Waals surface area contributed by atoms with Gasteiger partial charge in [-0.2, -0.15) is 0 Å². The molecule has 0 saturated heterocycles. The maximum atomic E-state index is 11.6. The fourth-order valence-corrected chi connectivity index (χ4v) is 4.29. The molecule has 3 aromatic rings. The zero-order valence-electron chi connectivity index (χ0n) is 16.7. The Bertz CT molecular complexity index is 1070. The molecule has 0 saturated carbocycles. The maximum Gasteiger partial charge on any atom is 0.248 e. The minimum absolute atomic E-state index is 0.00623. The Morgan fingerprint density at radius 1 is 1.14 bits per heavy atom. The second-order valence-electron chi connectivity index (χ2n) is 8.02. The Hall–Kier alpha value is -2.63. The van der Waals surface area contributed by atoms with Crippen molar-refractivity contribution in [2.24, 2.45) is 0 Å². The second kappa shape index (κ2) is 8.39. The van der Waals surface area contributed by atoms with Gasteiger partial charge in [0.05, 0.1) is 11.6 Å². The van der Waals surface area contributed by atoms with Gasteiger partial charge in [-0.3, -0.25) is 4.79 Å². The molecule has 1 unspecified atom stereocenters. The molecular weight excluding hydrogens is 364 g/mol. The molecule has 2 atom stereocenters. The van der Waals surface area contributed by atoms with Gasteiger partial charge in [0.1, 0.15) is 5.75 Å². The Morgan fingerprint density at radius 3 is 2.79 bits per heavy atom. The van der Waals surface area contributed by atoms with Gasteiger partial charge in [0.2, 0.25) is 5.56 Å². The molecule has 0 spiro atoms. The fraction of sp³-hybridized carbons (Fsp3) is 0.375. The number of phenolic OH excluding ortho intramolecular Hbond substituents is 1. The zero-order valence-corrected chi connectivity index (χ0v) is 16.7. The number of aliphatic hydroxyl groups excluding tert-OH is 1. The van der Waals surface area contributed by atoms with Crippen LogP contribution in [-0.2, 0) is 19.3 Å². The molecule has 2 aromatic carbocycles. The van der Waals surface area contributed by atoms with Gasteiger partial charge in [-0.1, -0.05) is 37.6 Å². The molecule has 0 aliphatic heterocycles. The van der Waals surface area contributed by atoms with Gasteiger partial charge in [-0.25, -0.2) is 0 Å². The summed E-state index contributed by atoms with van der Waals surface area (Å²) in [6.45, 7) is 2.63. The first kappa shape index (κ1) is 19.7. The van der Waals surface area contributed by atoms with Crippen LogP contribution in [-0.4, -0.2) is 27.8 Å². The van der Waals surface area contributed by atoms with Gasteiger partial charge >= 0.3 is 0 Å². The quantitative estimate of drug-likeness (QED) is 0.497. The molecule has 152 valence electrons. The number of aromatic amines is 1. The smallest absolute Gasteiger partial charge is 0.248 e. The number of hydrogen-bond acceptors (Lipinski definition) is 4. The molecule has 0 amide bonds. The number of rotatable bonds is 7. The summed E-state index contributed by atoms with van der Waals surface area (Å²) in [7, 11) is 0. The van der Waals surface area contributed by atoms with Gasteiger partial charge in [0, 0.05) is 24.0 Å². The number of pyridine rings is 1. The van der Waals surface area contributed by atoms with E-state index in [1.807, 2.05) is 0 Å². The van der Waals surface area contributed by atoms with E-state index in [9.17, 15) is 15.0 Å². The summed E-state index contributed by atoms with van der Waals surface area (Å²) >= 11 is 0. The minimum Gasteiger partial charge on any atom is -0.506 e. The third-order valence-corrected chi connectivity index (χ3v) is 5.89. The highest BCUT2D eigenvalue weighted by Crippen LogP contribution is 2.29. The van der Waals surface area contributed by atoms with Gasteiger partial charge < -0.3 is 20.5 Å². The van der Waals surface area contributed by atoms with Crippen molar-refractivity contribution in [3.05, 3.63) is 75.1 Å². The SMILES string of the molecule is CCCCc1ccc2c(c1)CC(NC[C@H](O)c1ccc(O)c3[nH]c(=O)ccc13)C2. The lowest BCUT2D eigenvalue weighted by atomic mass is 10.0. The van der Waals surface area contributed by atoms with E-state index in [-0.39, 0.29) is 11.3 Å². The first-order chi connectivity index (χ1) is 14.0. The van der Waals surface area contributed by atoms with Crippen molar-refractivity contribution in [2.45, 2.75) is 51.2 Å². The van der Waals surface area contributed by atoms with E-state index >= 15 is 0 Å². The molecule has 4 N–H and O–H groups in total. The molecule has 1 aromatic heterocycles. The minimum atomic E-state index is -0.729. The van der Waals surface area contributed by atoms with Crippen LogP contribution in [0.15, 0.2) is 47.3 Å². The highest BCUT2D eigenvalue weighted by atomic mass is 16.3. The monoisotopic (exact) mass is 392 g/mol. The van der Waals surface area contributed by atoms with E-state index < -0.39 is 6.10 Å². The van der Waals surface area contributed by atoms with Crippen LogP contribution >= 0.6 is 0 Å². The van der Waals surface area contributed by atoms with E-state index in [1.54, 1.807) is 12.1 Å². The van der Waals surface area contributed by atoms with Crippen LogP contribution in [0.4, 0.5) is 0 Å². The van der Waals surface area contributed by atoms with Crippen LogP contribution in [0.5, 0.6) is 5.75 Å². The lowest BCUT2D eigenvalue weighted by Crippen LogP contribution is -2.33. The number of aryl methyl sites for hydroxylation is 1. The van der Waals surface area contributed by atoms with Gasteiger partial charge in [-0.15, -0.1) is 0 Å². The Kier molecular flexibility index (Phi) is 5.69. The number of unbranched alkanes of at least 4 members (excludes halogenated alkanes) is 1. The van der Waals surface area contributed by atoms with Gasteiger partial charge in [-0.05, 0) is 60.1 Å². The highest BCUT2D eigenvalue weighted by molar-refractivity contribution is 5.87. The summed E-state index contributed by atoms with van der Waals surface area (Å²) in [5.41, 5.74) is 5.00. The molecule has 1 aliphatic carbocycles. The molecule has 5 nitrogen and oxygen atoms in total. The Morgan fingerprint density at radius 2 is 1.97 bits per heavy atom. The fourth-order valence-electron chi connectivity index (χ4n) is 4.29. The van der Waals surface area contributed by atoms with Crippen LogP contribution in [0, 0.1) is 0 Å². The van der Waals surface area contributed by atoms with Crippen molar-refractivity contribution < 1.29 is 10.2 Å². The lowest BCUT2D eigenvalue weighted by Gasteiger charge is -2.18. The van der Waals surface area contributed by atoms with Crippen molar-refractivity contribution in [3.63, 3.8) is 0 Å². The molecule has 1 aliphatic rings. The Labute approximate surface area is 170 Å². The normalized spacial score (nSPS) is 16.8. The number of benzene rings is 2. The predicted octanol–water partition coefficient (Wildman–Crippen LogP) is 3.37. The Balaban J connectivity index is 1.43. The maximum absolute atomic E-state index is 11.6. The van der Waals surface area contributed by atoms with E-state index in [1.165, 1.54) is 41.7 Å². The number of nitrogens with one attached hydrogen (secondary N) is 2. The number of aliphatic hydroxyl groups is 1. The zero-order chi connectivity index (χ0) is 20.4. The number of fused-ring (bicyclic) bond motifs is 2. The number of aromatic hydroxyl groups is 1. The average molecular weight is 392 g/mol. The van der Waals surface area contributed by atoms with Crippen molar-refractivity contribution in [3.8, 4) is 5.75 Å². The highest BCUT2D eigenvalue weighted by Gasteiger charge is 2.23. The molecule has 0 radical (unpaired) electrons. The van der Waals surface area contributed by atoms with Crippen molar-refractivity contribution in [1.29, 1.82) is 0 Å². The molecule has 1 heterocycles. The van der Waals surface area contributed by atoms with Crippen LogP contribution in [0.1, 0.15) is 48.1 Å². The summed E-state index contributed by atoms with van der Waals surface area (Å²) in [5.74, 6) is 0.00623. The third-order valence-electron chi connectivity index (χ3n) is 5.89. The van der Waals surface area contributed by atoms with Crippen LogP contribution < -0.4 is 10.9 Å². The third kappa shape index (κ3) is 4.21. The molecular formula is C24H28N2O3. The summed E-state index contributed by atoms with van der Waals surface area (Å²) in [6.07, 6.45) is 4.78. The van der Waals surface area contributed by atoms with E-state index in [0.29, 0.717) is 29.1 Å². The summed E-state index contributed by atoms with van der Waals surface area (Å²) in [6, 6.07) is 13.4. The first-order valence-electron chi connectivity index (χ1n) is 10.4. The van der Waals surface area contributed by atoms with E-state index in [4.69, 9.17) is 0 Å². The summed E-state index contributed by atoms with van der Waals surface area (Å²) < 4.78 is 0. The molecule has 29 heavy (non-hydrogen) atoms. The van der Waals surface area contributed by atoms with Crippen LogP contribution in [0.3, 0.4) is 0 Å². The first-order valence-corrected chi connectivity index (χ1v) is 10.4. The summed E-state index contributed by atoms with van der Waals surface area (Å²) in [4.78, 5) is 14.2. The molecule has 0 fully saturated rings. The predicted molar refractivity (Wildman–Crippen MR) is 115 cm³/mol. The average Bonchev–Trinajstić information content (AvgIpc) is 3.13. The molecule has 4 rings (SSSR count). The summed E-state index contributed by atoms with van der Waals surface area (Å²) in [5, 5.41) is 24.9. The van der Waals surface area contributed by atoms with E-state index in [0.717, 1.165) is 19.3 Å². The molecule has 0 bridgehead atoms. The van der Waals surface area contributed by atoms with Crippen molar-refractivity contribution in [2.75, 3.05) is 6.54 Å². The van der Waals surface area contributed by atoms with Crippen LogP contribution in [0.2, 0.25) is 0 Å².